The van der Waals surface area contributed by atoms with Gasteiger partial charge >= 0.3 is 0 Å². The summed E-state index contributed by atoms with van der Waals surface area (Å²) in [6.07, 6.45) is 8.24. The Kier molecular flexibility index (Phi) is 5.29. The van der Waals surface area contributed by atoms with Crippen LogP contribution in [0.5, 0.6) is 0 Å². The first-order chi connectivity index (χ1) is 13.3. The van der Waals surface area contributed by atoms with Gasteiger partial charge in [-0.1, -0.05) is 18.2 Å². The van der Waals surface area contributed by atoms with Gasteiger partial charge in [0.15, 0.2) is 0 Å². The van der Waals surface area contributed by atoms with E-state index < -0.39 is 0 Å². The Morgan fingerprint density at radius 2 is 2.19 bits per heavy atom. The van der Waals surface area contributed by atoms with E-state index in [-0.39, 0.29) is 12.0 Å². The largest absolute Gasteiger partial charge is 0.376 e. The standard InChI is InChI=1S/C20H23N5O2/c26-20(21-8-7-14-10-22-17-6-2-1-5-16(14)17)18-12-25-19(13-23-18)24-11-15-4-3-9-27-15/h1-2,5-6,10,12-13,15,22H,3-4,7-9,11H2,(H,21,26)(H,24,25). The number of hydrogen-bond donors (Lipinski definition) is 3. The number of ether oxygens (including phenoxy) is 1. The number of para-hydroxylation sites is 1. The summed E-state index contributed by atoms with van der Waals surface area (Å²) >= 11 is 0. The van der Waals surface area contributed by atoms with Crippen LogP contribution in [0, 0.1) is 0 Å². The van der Waals surface area contributed by atoms with Crippen molar-refractivity contribution in [2.45, 2.75) is 25.4 Å². The fourth-order valence-electron chi connectivity index (χ4n) is 3.30. The van der Waals surface area contributed by atoms with Gasteiger partial charge < -0.3 is 20.4 Å². The number of rotatable bonds is 7. The number of hydrogen-bond acceptors (Lipinski definition) is 5. The summed E-state index contributed by atoms with van der Waals surface area (Å²) in [6, 6.07) is 8.14. The molecule has 7 heteroatoms. The van der Waals surface area contributed by atoms with Crippen molar-refractivity contribution in [3.63, 3.8) is 0 Å². The fraction of sp³-hybridized carbons (Fsp3) is 0.350. The second-order valence-electron chi connectivity index (χ2n) is 6.67. The summed E-state index contributed by atoms with van der Waals surface area (Å²) < 4.78 is 5.56. The van der Waals surface area contributed by atoms with Crippen LogP contribution in [0.4, 0.5) is 5.82 Å². The van der Waals surface area contributed by atoms with E-state index in [1.165, 1.54) is 17.1 Å². The van der Waals surface area contributed by atoms with Crippen molar-refractivity contribution in [3.8, 4) is 0 Å². The molecule has 0 radical (unpaired) electrons. The molecule has 3 heterocycles. The zero-order valence-corrected chi connectivity index (χ0v) is 15.1. The van der Waals surface area contributed by atoms with Crippen molar-refractivity contribution >= 4 is 22.6 Å². The van der Waals surface area contributed by atoms with E-state index in [1.54, 1.807) is 6.20 Å². The zero-order valence-electron chi connectivity index (χ0n) is 15.1. The number of nitrogens with zero attached hydrogens (tertiary/aromatic N) is 2. The van der Waals surface area contributed by atoms with Crippen LogP contribution >= 0.6 is 0 Å². The van der Waals surface area contributed by atoms with E-state index in [9.17, 15) is 4.79 Å². The first kappa shape index (κ1) is 17.5. The predicted molar refractivity (Wildman–Crippen MR) is 104 cm³/mol. The second-order valence-corrected chi connectivity index (χ2v) is 6.67. The van der Waals surface area contributed by atoms with Crippen LogP contribution in [0.15, 0.2) is 42.9 Å². The quantitative estimate of drug-likeness (QED) is 0.598. The SMILES string of the molecule is O=C(NCCc1c[nH]c2ccccc12)c1cnc(NCC2CCCO2)cn1. The van der Waals surface area contributed by atoms with Crippen LogP contribution in [0.3, 0.4) is 0 Å². The minimum atomic E-state index is -0.215. The summed E-state index contributed by atoms with van der Waals surface area (Å²) in [5.74, 6) is 0.439. The molecule has 1 aromatic carbocycles. The Balaban J connectivity index is 1.26. The molecule has 3 aromatic rings. The molecular weight excluding hydrogens is 342 g/mol. The van der Waals surface area contributed by atoms with Gasteiger partial charge in [-0.2, -0.15) is 0 Å². The lowest BCUT2D eigenvalue weighted by molar-refractivity contribution is 0.0948. The molecule has 7 nitrogen and oxygen atoms in total. The zero-order chi connectivity index (χ0) is 18.5. The Morgan fingerprint density at radius 3 is 3.00 bits per heavy atom. The molecule has 4 rings (SSSR count). The molecule has 1 atom stereocenters. The van der Waals surface area contributed by atoms with E-state index in [1.807, 2.05) is 24.4 Å². The number of carbonyl (C=O) groups excluding carboxylic acids is 1. The number of amides is 1. The molecule has 1 amide bonds. The summed E-state index contributed by atoms with van der Waals surface area (Å²) in [4.78, 5) is 24.0. The van der Waals surface area contributed by atoms with Crippen molar-refractivity contribution in [2.75, 3.05) is 25.0 Å². The minimum Gasteiger partial charge on any atom is -0.376 e. The third-order valence-electron chi connectivity index (χ3n) is 4.77. The first-order valence-corrected chi connectivity index (χ1v) is 9.30. The van der Waals surface area contributed by atoms with Crippen molar-refractivity contribution in [1.82, 2.24) is 20.3 Å². The van der Waals surface area contributed by atoms with Crippen molar-refractivity contribution in [1.29, 1.82) is 0 Å². The van der Waals surface area contributed by atoms with Gasteiger partial charge in [-0.15, -0.1) is 0 Å². The smallest absolute Gasteiger partial charge is 0.271 e. The van der Waals surface area contributed by atoms with E-state index in [0.29, 0.717) is 24.6 Å². The van der Waals surface area contributed by atoms with Crippen LogP contribution in [0.25, 0.3) is 10.9 Å². The fourth-order valence-corrected chi connectivity index (χ4v) is 3.30. The third kappa shape index (κ3) is 4.25. The number of aromatic nitrogens is 3. The van der Waals surface area contributed by atoms with Gasteiger partial charge in [0.2, 0.25) is 0 Å². The number of fused-ring (bicyclic) bond motifs is 1. The number of aromatic amines is 1. The average molecular weight is 365 g/mol. The maximum atomic E-state index is 12.3. The normalized spacial score (nSPS) is 16.5. The number of carbonyl (C=O) groups is 1. The number of anilines is 1. The lowest BCUT2D eigenvalue weighted by atomic mass is 10.1. The monoisotopic (exact) mass is 365 g/mol. The topological polar surface area (TPSA) is 91.9 Å². The van der Waals surface area contributed by atoms with E-state index in [0.717, 1.165) is 31.4 Å². The maximum Gasteiger partial charge on any atom is 0.271 e. The van der Waals surface area contributed by atoms with Gasteiger partial charge in [0.25, 0.3) is 5.91 Å². The molecule has 1 aliphatic rings. The summed E-state index contributed by atoms with van der Waals surface area (Å²) in [5, 5.41) is 7.29. The average Bonchev–Trinajstić information content (AvgIpc) is 3.37. The molecule has 1 unspecified atom stereocenters. The van der Waals surface area contributed by atoms with Gasteiger partial charge in [0.1, 0.15) is 11.5 Å². The molecule has 140 valence electrons. The predicted octanol–water partition coefficient (Wildman–Crippen LogP) is 2.52. The van der Waals surface area contributed by atoms with Crippen LogP contribution in [0.2, 0.25) is 0 Å². The third-order valence-corrected chi connectivity index (χ3v) is 4.77. The van der Waals surface area contributed by atoms with Crippen molar-refractivity contribution < 1.29 is 9.53 Å². The van der Waals surface area contributed by atoms with E-state index in [4.69, 9.17) is 4.74 Å². The van der Waals surface area contributed by atoms with Crippen LogP contribution in [-0.4, -0.2) is 46.7 Å². The highest BCUT2D eigenvalue weighted by Crippen LogP contribution is 2.17. The van der Waals surface area contributed by atoms with Gasteiger partial charge in [0.05, 0.1) is 18.5 Å². The Bertz CT molecular complexity index is 900. The Labute approximate surface area is 157 Å². The molecule has 27 heavy (non-hydrogen) atoms. The summed E-state index contributed by atoms with van der Waals surface area (Å²) in [7, 11) is 0. The van der Waals surface area contributed by atoms with Gasteiger partial charge in [-0.05, 0) is 30.9 Å². The van der Waals surface area contributed by atoms with Crippen molar-refractivity contribution in [2.24, 2.45) is 0 Å². The summed E-state index contributed by atoms with van der Waals surface area (Å²) in [6.45, 7) is 2.09. The number of benzene rings is 1. The highest BCUT2D eigenvalue weighted by atomic mass is 16.5. The summed E-state index contributed by atoms with van der Waals surface area (Å²) in [5.41, 5.74) is 2.61. The van der Waals surface area contributed by atoms with Gasteiger partial charge in [-0.25, -0.2) is 9.97 Å². The number of H-pyrrole nitrogens is 1. The molecule has 1 saturated heterocycles. The highest BCUT2D eigenvalue weighted by molar-refractivity contribution is 5.92. The molecule has 1 aliphatic heterocycles. The minimum absolute atomic E-state index is 0.215. The molecule has 0 spiro atoms. The van der Waals surface area contributed by atoms with E-state index >= 15 is 0 Å². The lowest BCUT2D eigenvalue weighted by Crippen LogP contribution is -2.26. The molecule has 3 N–H and O–H groups in total. The van der Waals surface area contributed by atoms with Crippen LogP contribution < -0.4 is 10.6 Å². The van der Waals surface area contributed by atoms with Crippen molar-refractivity contribution in [3.05, 3.63) is 54.1 Å². The number of nitrogens with one attached hydrogen (secondary N) is 3. The maximum absolute atomic E-state index is 12.3. The molecular formula is C20H23N5O2. The van der Waals surface area contributed by atoms with Gasteiger partial charge in [-0.3, -0.25) is 4.79 Å². The molecule has 1 fully saturated rings. The van der Waals surface area contributed by atoms with Crippen LogP contribution in [-0.2, 0) is 11.2 Å². The molecule has 0 aliphatic carbocycles. The Hall–Kier alpha value is -2.93. The molecule has 0 bridgehead atoms. The highest BCUT2D eigenvalue weighted by Gasteiger charge is 2.15. The first-order valence-electron chi connectivity index (χ1n) is 9.30. The van der Waals surface area contributed by atoms with Gasteiger partial charge in [0, 0.05) is 36.8 Å². The van der Waals surface area contributed by atoms with E-state index in [2.05, 4.69) is 31.7 Å². The second kappa shape index (κ2) is 8.18. The lowest BCUT2D eigenvalue weighted by Gasteiger charge is -2.11. The van der Waals surface area contributed by atoms with Crippen LogP contribution in [0.1, 0.15) is 28.9 Å². The molecule has 0 saturated carbocycles. The molecule has 2 aromatic heterocycles. The Morgan fingerprint density at radius 1 is 1.26 bits per heavy atom.